The first-order chi connectivity index (χ1) is 10.1. The molecule has 22 heavy (non-hydrogen) atoms. The second-order valence-electron chi connectivity index (χ2n) is 4.81. The van der Waals surface area contributed by atoms with Crippen LogP contribution < -0.4 is 11.2 Å². The quantitative estimate of drug-likeness (QED) is 0.374. The summed E-state index contributed by atoms with van der Waals surface area (Å²) in [5.74, 6) is 0. The van der Waals surface area contributed by atoms with Gasteiger partial charge in [-0.2, -0.15) is 0 Å². The van der Waals surface area contributed by atoms with Crippen LogP contribution in [0.5, 0.6) is 0 Å². The molecule has 0 amide bonds. The van der Waals surface area contributed by atoms with Crippen LogP contribution in [0.15, 0.2) is 15.8 Å². The number of aliphatic hydroxyl groups excluding tert-OH is 2. The van der Waals surface area contributed by atoms with Gasteiger partial charge in [-0.05, 0) is 6.92 Å². The Morgan fingerprint density at radius 2 is 2.00 bits per heavy atom. The summed E-state index contributed by atoms with van der Waals surface area (Å²) in [6, 6.07) is 0. The first kappa shape index (κ1) is 17.0. The molecule has 1 aromatic heterocycles. The molecule has 0 radical (unpaired) electrons. The Kier molecular flexibility index (Phi) is 4.68. The maximum Gasteiger partial charge on any atom is 0.469 e. The number of phosphoric acid groups is 1. The fourth-order valence-electron chi connectivity index (χ4n) is 2.04. The van der Waals surface area contributed by atoms with Gasteiger partial charge in [0.15, 0.2) is 6.23 Å². The van der Waals surface area contributed by atoms with Crippen molar-refractivity contribution in [2.45, 2.75) is 31.5 Å². The molecule has 0 bridgehead atoms. The Labute approximate surface area is 123 Å². The van der Waals surface area contributed by atoms with Crippen molar-refractivity contribution in [2.24, 2.45) is 0 Å². The summed E-state index contributed by atoms with van der Waals surface area (Å²) < 4.78 is 20.9. The minimum Gasteiger partial charge on any atom is -0.387 e. The van der Waals surface area contributed by atoms with Gasteiger partial charge in [-0.15, -0.1) is 0 Å². The van der Waals surface area contributed by atoms with E-state index in [1.807, 2.05) is 4.98 Å². The van der Waals surface area contributed by atoms with Crippen LogP contribution in [0.4, 0.5) is 0 Å². The van der Waals surface area contributed by atoms with E-state index in [9.17, 15) is 24.4 Å². The number of aryl methyl sites for hydroxylation is 1. The highest BCUT2D eigenvalue weighted by Crippen LogP contribution is 2.38. The van der Waals surface area contributed by atoms with Gasteiger partial charge < -0.3 is 24.7 Å². The topological polar surface area (TPSA) is 171 Å². The summed E-state index contributed by atoms with van der Waals surface area (Å²) in [5, 5.41) is 19.7. The van der Waals surface area contributed by atoms with E-state index < -0.39 is 50.2 Å². The van der Waals surface area contributed by atoms with Crippen molar-refractivity contribution in [2.75, 3.05) is 6.61 Å². The van der Waals surface area contributed by atoms with E-state index in [1.165, 1.54) is 6.92 Å². The van der Waals surface area contributed by atoms with Crippen molar-refractivity contribution in [1.82, 2.24) is 9.55 Å². The number of nitrogens with one attached hydrogen (secondary N) is 1. The summed E-state index contributed by atoms with van der Waals surface area (Å²) in [4.78, 5) is 42.3. The van der Waals surface area contributed by atoms with E-state index in [4.69, 9.17) is 14.5 Å². The Morgan fingerprint density at radius 1 is 1.36 bits per heavy atom. The van der Waals surface area contributed by atoms with Crippen LogP contribution in [0, 0.1) is 6.92 Å². The lowest BCUT2D eigenvalue weighted by atomic mass is 10.1. The van der Waals surface area contributed by atoms with Crippen molar-refractivity contribution < 1.29 is 33.8 Å². The summed E-state index contributed by atoms with van der Waals surface area (Å²) in [5.41, 5.74) is -1.28. The molecule has 1 aliphatic heterocycles. The van der Waals surface area contributed by atoms with Crippen LogP contribution >= 0.6 is 7.82 Å². The average Bonchev–Trinajstić information content (AvgIpc) is 2.68. The van der Waals surface area contributed by atoms with E-state index in [-0.39, 0.29) is 5.56 Å². The molecule has 0 aliphatic carbocycles. The largest absolute Gasteiger partial charge is 0.469 e. The molecule has 1 fully saturated rings. The normalized spacial score (nSPS) is 29.0. The molecular weight excluding hydrogens is 323 g/mol. The fraction of sp³-hybridized carbons (Fsp3) is 0.600. The van der Waals surface area contributed by atoms with Gasteiger partial charge in [0.25, 0.3) is 5.56 Å². The molecule has 0 spiro atoms. The number of rotatable bonds is 4. The molecule has 2 rings (SSSR count). The number of H-pyrrole nitrogens is 1. The van der Waals surface area contributed by atoms with Crippen LogP contribution in [0.25, 0.3) is 0 Å². The predicted octanol–water partition coefficient (Wildman–Crippen LogP) is -2.43. The zero-order valence-corrected chi connectivity index (χ0v) is 12.2. The van der Waals surface area contributed by atoms with Crippen molar-refractivity contribution >= 4 is 7.82 Å². The van der Waals surface area contributed by atoms with Gasteiger partial charge in [0.1, 0.15) is 18.3 Å². The molecule has 1 aliphatic rings. The zero-order valence-electron chi connectivity index (χ0n) is 11.3. The highest BCUT2D eigenvalue weighted by molar-refractivity contribution is 7.46. The van der Waals surface area contributed by atoms with Crippen LogP contribution in [-0.4, -0.2) is 54.5 Å². The standard InChI is InChI=1S/C10H15N2O9P/c1-4-2-12(10(16)11-8(4)15)9-7(14)6(13)5(21-9)3-20-22(17,18)19/h2,5-7,9,13-14H,3H2,1H3,(H,11,15,16)(H2,17,18,19)/t5-,6+,7-,9-/m1/s1. The molecule has 1 aromatic rings. The fourth-order valence-corrected chi connectivity index (χ4v) is 2.38. The van der Waals surface area contributed by atoms with Crippen LogP contribution in [-0.2, 0) is 13.8 Å². The van der Waals surface area contributed by atoms with Gasteiger partial charge in [-0.1, -0.05) is 0 Å². The van der Waals surface area contributed by atoms with Gasteiger partial charge in [-0.3, -0.25) is 18.9 Å². The van der Waals surface area contributed by atoms with Gasteiger partial charge in [-0.25, -0.2) is 9.36 Å². The summed E-state index contributed by atoms with van der Waals surface area (Å²) >= 11 is 0. The van der Waals surface area contributed by atoms with Gasteiger partial charge in [0.05, 0.1) is 6.61 Å². The van der Waals surface area contributed by atoms with Crippen molar-refractivity contribution in [1.29, 1.82) is 0 Å². The second kappa shape index (κ2) is 6.05. The third-order valence-corrected chi connectivity index (χ3v) is 3.65. The van der Waals surface area contributed by atoms with E-state index in [0.717, 1.165) is 10.8 Å². The Morgan fingerprint density at radius 3 is 2.59 bits per heavy atom. The van der Waals surface area contributed by atoms with E-state index in [0.29, 0.717) is 0 Å². The Hall–Kier alpha value is -1.33. The highest BCUT2D eigenvalue weighted by atomic mass is 31.2. The Balaban J connectivity index is 2.23. The number of aromatic nitrogens is 2. The van der Waals surface area contributed by atoms with Gasteiger partial charge in [0, 0.05) is 11.8 Å². The average molecular weight is 338 g/mol. The molecule has 0 unspecified atom stereocenters. The van der Waals surface area contributed by atoms with Gasteiger partial charge in [0.2, 0.25) is 0 Å². The number of nitrogens with zero attached hydrogens (tertiary/aromatic N) is 1. The second-order valence-corrected chi connectivity index (χ2v) is 6.05. The molecule has 2 heterocycles. The zero-order chi connectivity index (χ0) is 16.7. The monoisotopic (exact) mass is 338 g/mol. The number of hydrogen-bond donors (Lipinski definition) is 5. The smallest absolute Gasteiger partial charge is 0.387 e. The first-order valence-corrected chi connectivity index (χ1v) is 7.67. The molecule has 124 valence electrons. The molecule has 12 heteroatoms. The summed E-state index contributed by atoms with van der Waals surface area (Å²) in [6.07, 6.45) is -4.52. The highest BCUT2D eigenvalue weighted by Gasteiger charge is 2.45. The lowest BCUT2D eigenvalue weighted by molar-refractivity contribution is -0.0543. The number of hydrogen-bond acceptors (Lipinski definition) is 7. The summed E-state index contributed by atoms with van der Waals surface area (Å²) in [7, 11) is -4.77. The molecule has 1 saturated heterocycles. The number of ether oxygens (including phenoxy) is 1. The first-order valence-electron chi connectivity index (χ1n) is 6.14. The van der Waals surface area contributed by atoms with Crippen LogP contribution in [0.3, 0.4) is 0 Å². The minimum absolute atomic E-state index is 0.180. The lowest BCUT2D eigenvalue weighted by Gasteiger charge is -2.17. The Bertz CT molecular complexity index is 707. The predicted molar refractivity (Wildman–Crippen MR) is 70.0 cm³/mol. The molecule has 0 saturated carbocycles. The summed E-state index contributed by atoms with van der Waals surface area (Å²) in [6.45, 7) is 0.747. The molecule has 5 N–H and O–H groups in total. The van der Waals surface area contributed by atoms with Gasteiger partial charge >= 0.3 is 13.5 Å². The number of aliphatic hydroxyl groups is 2. The molecule has 0 aromatic carbocycles. The van der Waals surface area contributed by atoms with E-state index in [2.05, 4.69) is 4.52 Å². The number of phosphoric ester groups is 1. The molecule has 11 nitrogen and oxygen atoms in total. The van der Waals surface area contributed by atoms with E-state index >= 15 is 0 Å². The van der Waals surface area contributed by atoms with Crippen molar-refractivity contribution in [3.63, 3.8) is 0 Å². The van der Waals surface area contributed by atoms with E-state index in [1.54, 1.807) is 0 Å². The maximum atomic E-state index is 11.7. The number of aromatic amines is 1. The van der Waals surface area contributed by atoms with Crippen LogP contribution in [0.2, 0.25) is 0 Å². The van der Waals surface area contributed by atoms with Crippen molar-refractivity contribution in [3.8, 4) is 0 Å². The third-order valence-electron chi connectivity index (χ3n) is 3.16. The third kappa shape index (κ3) is 3.52. The molecular formula is C10H15N2O9P. The maximum absolute atomic E-state index is 11.7. The minimum atomic E-state index is -4.77. The van der Waals surface area contributed by atoms with Crippen LogP contribution in [0.1, 0.15) is 11.8 Å². The molecule has 4 atom stereocenters. The SMILES string of the molecule is Cc1cn([C@@H]2O[C@H](COP(=O)(O)O)[C@H](O)[C@H]2O)c(=O)[nH]c1=O. The lowest BCUT2D eigenvalue weighted by Crippen LogP contribution is -2.38. The van der Waals surface area contributed by atoms with Crippen molar-refractivity contribution in [3.05, 3.63) is 32.6 Å².